The lowest BCUT2D eigenvalue weighted by Gasteiger charge is -2.19. The van der Waals surface area contributed by atoms with Gasteiger partial charge in [0.1, 0.15) is 6.17 Å². The Hall–Kier alpha value is -2.64. The van der Waals surface area contributed by atoms with Crippen molar-refractivity contribution in [3.63, 3.8) is 0 Å². The van der Waals surface area contributed by atoms with Crippen LogP contribution in [-0.4, -0.2) is 40.2 Å². The molecule has 3 N–H and O–H groups in total. The second-order valence-corrected chi connectivity index (χ2v) is 6.67. The number of hydrogen-bond acceptors (Lipinski definition) is 4. The SMILES string of the molecule is NC(=O)c1cnn2cc(N3CCCC3=O)cc2c1N[C@@H]1CCC[C@@H]1F. The average molecular weight is 345 g/mol. The summed E-state index contributed by atoms with van der Waals surface area (Å²) in [6.07, 6.45) is 5.55. The van der Waals surface area contributed by atoms with Gasteiger partial charge in [-0.05, 0) is 31.7 Å². The van der Waals surface area contributed by atoms with Crippen LogP contribution < -0.4 is 16.0 Å². The maximum Gasteiger partial charge on any atom is 0.252 e. The molecule has 2 aliphatic rings. The van der Waals surface area contributed by atoms with E-state index in [-0.39, 0.29) is 17.5 Å². The van der Waals surface area contributed by atoms with Crippen LogP contribution in [-0.2, 0) is 4.79 Å². The van der Waals surface area contributed by atoms with Crippen molar-refractivity contribution >= 4 is 28.7 Å². The summed E-state index contributed by atoms with van der Waals surface area (Å²) in [6.45, 7) is 0.663. The van der Waals surface area contributed by atoms with Gasteiger partial charge in [-0.2, -0.15) is 5.10 Å². The first-order valence-electron chi connectivity index (χ1n) is 8.57. The van der Waals surface area contributed by atoms with Gasteiger partial charge < -0.3 is 16.0 Å². The molecule has 4 rings (SSSR count). The van der Waals surface area contributed by atoms with Crippen LogP contribution in [0.1, 0.15) is 42.5 Å². The first-order chi connectivity index (χ1) is 12.0. The van der Waals surface area contributed by atoms with Gasteiger partial charge in [0, 0.05) is 13.0 Å². The number of rotatable bonds is 4. The highest BCUT2D eigenvalue weighted by Gasteiger charge is 2.29. The van der Waals surface area contributed by atoms with E-state index in [2.05, 4.69) is 10.4 Å². The van der Waals surface area contributed by atoms with E-state index >= 15 is 0 Å². The van der Waals surface area contributed by atoms with Crippen molar-refractivity contribution in [1.82, 2.24) is 9.61 Å². The van der Waals surface area contributed by atoms with Crippen LogP contribution in [0.5, 0.6) is 0 Å². The van der Waals surface area contributed by atoms with E-state index in [4.69, 9.17) is 5.73 Å². The number of halogens is 1. The van der Waals surface area contributed by atoms with Crippen molar-refractivity contribution in [3.05, 3.63) is 24.0 Å². The number of anilines is 2. The normalized spacial score (nSPS) is 23.6. The molecule has 0 spiro atoms. The van der Waals surface area contributed by atoms with Crippen molar-refractivity contribution in [2.75, 3.05) is 16.8 Å². The van der Waals surface area contributed by atoms with Crippen LogP contribution in [0.3, 0.4) is 0 Å². The van der Waals surface area contributed by atoms with Crippen molar-refractivity contribution in [1.29, 1.82) is 0 Å². The Morgan fingerprint density at radius 3 is 2.84 bits per heavy atom. The molecular weight excluding hydrogens is 325 g/mol. The van der Waals surface area contributed by atoms with Gasteiger partial charge in [0.2, 0.25) is 5.91 Å². The Balaban J connectivity index is 1.79. The third-order valence-corrected chi connectivity index (χ3v) is 5.03. The monoisotopic (exact) mass is 345 g/mol. The summed E-state index contributed by atoms with van der Waals surface area (Å²) >= 11 is 0. The fourth-order valence-corrected chi connectivity index (χ4v) is 3.71. The van der Waals surface area contributed by atoms with Crippen molar-refractivity contribution < 1.29 is 14.0 Å². The van der Waals surface area contributed by atoms with E-state index < -0.39 is 12.1 Å². The smallest absolute Gasteiger partial charge is 0.252 e. The van der Waals surface area contributed by atoms with E-state index in [1.807, 2.05) is 0 Å². The van der Waals surface area contributed by atoms with E-state index in [1.165, 1.54) is 6.20 Å². The Morgan fingerprint density at radius 1 is 1.36 bits per heavy atom. The Morgan fingerprint density at radius 2 is 2.20 bits per heavy atom. The number of hydrogen-bond donors (Lipinski definition) is 2. The highest BCUT2D eigenvalue weighted by atomic mass is 19.1. The van der Waals surface area contributed by atoms with E-state index in [9.17, 15) is 14.0 Å². The molecule has 1 saturated carbocycles. The molecule has 8 heteroatoms. The first-order valence-corrected chi connectivity index (χ1v) is 8.57. The minimum Gasteiger partial charge on any atom is -0.377 e. The lowest BCUT2D eigenvalue weighted by atomic mass is 10.1. The number of alkyl halides is 1. The van der Waals surface area contributed by atoms with Gasteiger partial charge in [0.05, 0.1) is 40.9 Å². The van der Waals surface area contributed by atoms with E-state index in [0.717, 1.165) is 18.5 Å². The number of nitrogens with two attached hydrogens (primary N) is 1. The van der Waals surface area contributed by atoms with Gasteiger partial charge in [-0.3, -0.25) is 9.59 Å². The number of nitrogens with zero attached hydrogens (tertiary/aromatic N) is 3. The molecule has 1 saturated heterocycles. The van der Waals surface area contributed by atoms with Crippen LogP contribution >= 0.6 is 0 Å². The summed E-state index contributed by atoms with van der Waals surface area (Å²) in [6, 6.07) is 1.45. The molecule has 3 heterocycles. The molecule has 7 nitrogen and oxygen atoms in total. The predicted octanol–water partition coefficient (Wildman–Crippen LogP) is 1.86. The summed E-state index contributed by atoms with van der Waals surface area (Å²) < 4.78 is 15.6. The highest BCUT2D eigenvalue weighted by Crippen LogP contribution is 2.32. The number of nitrogens with one attached hydrogen (secondary N) is 1. The summed E-state index contributed by atoms with van der Waals surface area (Å²) in [5.74, 6) is -0.550. The first kappa shape index (κ1) is 15.9. The molecule has 0 radical (unpaired) electrons. The molecule has 2 aromatic heterocycles. The number of primary amides is 1. The minimum absolute atomic E-state index is 0.0696. The zero-order valence-electron chi connectivity index (χ0n) is 13.7. The topological polar surface area (TPSA) is 92.7 Å². The van der Waals surface area contributed by atoms with Crippen LogP contribution in [0.25, 0.3) is 5.52 Å². The molecule has 0 aromatic carbocycles. The largest absolute Gasteiger partial charge is 0.377 e. The molecule has 2 atom stereocenters. The molecule has 2 fully saturated rings. The minimum atomic E-state index is -0.955. The number of amides is 2. The molecule has 1 aliphatic heterocycles. The standard InChI is InChI=1S/C17H20FN5O2/c18-12-3-1-4-13(12)21-16-11(17(19)25)8-20-23-9-10(7-14(16)23)22-6-2-5-15(22)24/h7-9,12-13,21H,1-6H2,(H2,19,25)/t12-,13+/m0/s1. The van der Waals surface area contributed by atoms with Crippen LogP contribution in [0.4, 0.5) is 15.8 Å². The van der Waals surface area contributed by atoms with Gasteiger partial charge in [-0.25, -0.2) is 8.91 Å². The van der Waals surface area contributed by atoms with Gasteiger partial charge >= 0.3 is 0 Å². The van der Waals surface area contributed by atoms with Gasteiger partial charge in [0.25, 0.3) is 5.91 Å². The van der Waals surface area contributed by atoms with E-state index in [0.29, 0.717) is 37.0 Å². The fourth-order valence-electron chi connectivity index (χ4n) is 3.71. The molecule has 1 aliphatic carbocycles. The number of carbonyl (C=O) groups is 2. The zero-order valence-corrected chi connectivity index (χ0v) is 13.7. The van der Waals surface area contributed by atoms with Crippen molar-refractivity contribution in [3.8, 4) is 0 Å². The molecule has 0 bridgehead atoms. The van der Waals surface area contributed by atoms with E-state index in [1.54, 1.807) is 21.7 Å². The number of fused-ring (bicyclic) bond motifs is 1. The zero-order chi connectivity index (χ0) is 17.6. The highest BCUT2D eigenvalue weighted by molar-refractivity contribution is 6.03. The fraction of sp³-hybridized carbons (Fsp3) is 0.471. The maximum atomic E-state index is 14.1. The summed E-state index contributed by atoms with van der Waals surface area (Å²) in [5.41, 5.74) is 7.53. The molecular formula is C17H20FN5O2. The third kappa shape index (κ3) is 2.71. The number of carbonyl (C=O) groups excluding carboxylic acids is 2. The number of aromatic nitrogens is 2. The second kappa shape index (κ2) is 6.02. The predicted molar refractivity (Wildman–Crippen MR) is 91.5 cm³/mol. The molecule has 132 valence electrons. The van der Waals surface area contributed by atoms with Gasteiger partial charge in [-0.1, -0.05) is 0 Å². The Bertz CT molecular complexity index is 849. The molecule has 0 unspecified atom stereocenters. The van der Waals surface area contributed by atoms with Crippen molar-refractivity contribution in [2.24, 2.45) is 5.73 Å². The summed E-state index contributed by atoms with van der Waals surface area (Å²) in [7, 11) is 0. The lowest BCUT2D eigenvalue weighted by molar-refractivity contribution is -0.117. The molecule has 25 heavy (non-hydrogen) atoms. The second-order valence-electron chi connectivity index (χ2n) is 6.67. The van der Waals surface area contributed by atoms with Crippen LogP contribution in [0, 0.1) is 0 Å². The summed E-state index contributed by atoms with van der Waals surface area (Å²) in [4.78, 5) is 25.5. The quantitative estimate of drug-likeness (QED) is 0.885. The molecule has 2 amide bonds. The third-order valence-electron chi connectivity index (χ3n) is 5.03. The molecule has 2 aromatic rings. The maximum absolute atomic E-state index is 14.1. The van der Waals surface area contributed by atoms with Crippen LogP contribution in [0.15, 0.2) is 18.5 Å². The van der Waals surface area contributed by atoms with Crippen molar-refractivity contribution in [2.45, 2.75) is 44.3 Å². The Kier molecular flexibility index (Phi) is 3.82. The van der Waals surface area contributed by atoms with Gasteiger partial charge in [0.15, 0.2) is 0 Å². The lowest BCUT2D eigenvalue weighted by Crippen LogP contribution is -2.27. The average Bonchev–Trinajstić information content (AvgIpc) is 3.27. The van der Waals surface area contributed by atoms with Gasteiger partial charge in [-0.15, -0.1) is 0 Å². The van der Waals surface area contributed by atoms with Crippen LogP contribution in [0.2, 0.25) is 0 Å². The summed E-state index contributed by atoms with van der Waals surface area (Å²) in [5, 5.41) is 7.38. The Labute approximate surface area is 144 Å².